The van der Waals surface area contributed by atoms with Crippen LogP contribution in [0.1, 0.15) is 12.0 Å². The van der Waals surface area contributed by atoms with Crippen molar-refractivity contribution < 1.29 is 14.6 Å². The molecule has 0 aliphatic heterocycles. The Balaban J connectivity index is 2.24. The smallest absolute Gasteiger partial charge is 0.307 e. The number of benzene rings is 2. The minimum Gasteiger partial charge on any atom is -0.497 e. The van der Waals surface area contributed by atoms with Crippen LogP contribution >= 0.6 is 0 Å². The molecule has 0 saturated heterocycles. The van der Waals surface area contributed by atoms with Crippen molar-refractivity contribution in [3.8, 4) is 16.9 Å². The van der Waals surface area contributed by atoms with Gasteiger partial charge in [0.25, 0.3) is 0 Å². The number of carboxylic acid groups (broad SMARTS) is 1. The van der Waals surface area contributed by atoms with Crippen LogP contribution < -0.4 is 4.74 Å². The maximum absolute atomic E-state index is 10.5. The van der Waals surface area contributed by atoms with Gasteiger partial charge in [0.15, 0.2) is 0 Å². The number of carbonyl (C=O) groups is 1. The summed E-state index contributed by atoms with van der Waals surface area (Å²) in [6, 6.07) is 15.8. The lowest BCUT2D eigenvalue weighted by atomic mass is 10.0. The Hall–Kier alpha value is -2.55. The summed E-state index contributed by atoms with van der Waals surface area (Å²) in [4.78, 5) is 10.5. The molecule has 1 N–H and O–H groups in total. The quantitative estimate of drug-likeness (QED) is 0.895. The lowest BCUT2D eigenvalue weighted by Gasteiger charge is -2.05. The Labute approximate surface area is 118 Å². The van der Waals surface area contributed by atoms with Crippen molar-refractivity contribution in [2.24, 2.45) is 0 Å². The molecular weight excluding hydrogens is 252 g/mol. The Bertz CT molecular complexity index is 630. The molecule has 0 unspecified atom stereocenters. The van der Waals surface area contributed by atoms with Gasteiger partial charge >= 0.3 is 5.97 Å². The molecular formula is C17H16O3. The summed E-state index contributed by atoms with van der Waals surface area (Å²) < 4.78 is 5.22. The highest BCUT2D eigenvalue weighted by Crippen LogP contribution is 2.24. The zero-order valence-corrected chi connectivity index (χ0v) is 11.2. The lowest BCUT2D eigenvalue weighted by Crippen LogP contribution is -1.89. The highest BCUT2D eigenvalue weighted by Gasteiger charge is 2.00. The van der Waals surface area contributed by atoms with Gasteiger partial charge in [0.05, 0.1) is 13.5 Å². The van der Waals surface area contributed by atoms with Gasteiger partial charge in [-0.05, 0) is 34.9 Å². The molecule has 0 aromatic heterocycles. The number of carboxylic acids is 1. The standard InChI is InChI=1S/C17H16O3/c1-20-16-9-4-8-15(12-16)14-7-2-5-13(11-14)6-3-10-17(18)19/h2-9,11-12H,10H2,1H3,(H,18,19)/b6-3+. The van der Waals surface area contributed by atoms with Crippen LogP contribution in [0.5, 0.6) is 5.75 Å². The van der Waals surface area contributed by atoms with E-state index < -0.39 is 5.97 Å². The van der Waals surface area contributed by atoms with Gasteiger partial charge in [-0.1, -0.05) is 42.5 Å². The molecule has 2 aromatic carbocycles. The third kappa shape index (κ3) is 3.72. The van der Waals surface area contributed by atoms with Gasteiger partial charge < -0.3 is 9.84 Å². The van der Waals surface area contributed by atoms with Crippen molar-refractivity contribution in [2.45, 2.75) is 6.42 Å². The predicted octanol–water partition coefficient (Wildman–Crippen LogP) is 3.85. The molecule has 0 aliphatic carbocycles. The van der Waals surface area contributed by atoms with E-state index in [2.05, 4.69) is 0 Å². The van der Waals surface area contributed by atoms with Crippen molar-refractivity contribution in [3.05, 3.63) is 60.2 Å². The molecule has 0 fully saturated rings. The first kappa shape index (κ1) is 13.9. The number of aliphatic carboxylic acids is 1. The molecule has 0 saturated carbocycles. The fraction of sp³-hybridized carbons (Fsp3) is 0.118. The highest BCUT2D eigenvalue weighted by atomic mass is 16.5. The van der Waals surface area contributed by atoms with Crippen LogP contribution in [0.3, 0.4) is 0 Å². The molecule has 0 spiro atoms. The highest BCUT2D eigenvalue weighted by molar-refractivity contribution is 5.72. The second-order valence-electron chi connectivity index (χ2n) is 4.36. The summed E-state index contributed by atoms with van der Waals surface area (Å²) in [6.07, 6.45) is 3.49. The monoisotopic (exact) mass is 268 g/mol. The molecule has 0 heterocycles. The number of methoxy groups -OCH3 is 1. The fourth-order valence-electron chi connectivity index (χ4n) is 1.92. The van der Waals surface area contributed by atoms with Gasteiger partial charge in [0.2, 0.25) is 0 Å². The fourth-order valence-corrected chi connectivity index (χ4v) is 1.92. The van der Waals surface area contributed by atoms with Gasteiger partial charge in [-0.2, -0.15) is 0 Å². The molecule has 0 atom stereocenters. The van der Waals surface area contributed by atoms with E-state index in [4.69, 9.17) is 9.84 Å². The van der Waals surface area contributed by atoms with Crippen LogP contribution in [0.2, 0.25) is 0 Å². The Morgan fingerprint density at radius 3 is 2.55 bits per heavy atom. The van der Waals surface area contributed by atoms with Crippen molar-refractivity contribution in [2.75, 3.05) is 7.11 Å². The second kappa shape index (κ2) is 6.57. The lowest BCUT2D eigenvalue weighted by molar-refractivity contribution is -0.135. The average Bonchev–Trinajstić information content (AvgIpc) is 2.47. The summed E-state index contributed by atoms with van der Waals surface area (Å²) in [5, 5.41) is 8.62. The first-order valence-electron chi connectivity index (χ1n) is 6.32. The van der Waals surface area contributed by atoms with Crippen molar-refractivity contribution in [1.29, 1.82) is 0 Å². The first-order chi connectivity index (χ1) is 9.69. The van der Waals surface area contributed by atoms with Crippen LogP contribution in [0.15, 0.2) is 54.6 Å². The Morgan fingerprint density at radius 1 is 1.15 bits per heavy atom. The van der Waals surface area contributed by atoms with Gasteiger partial charge in [0.1, 0.15) is 5.75 Å². The van der Waals surface area contributed by atoms with Crippen LogP contribution in [0, 0.1) is 0 Å². The van der Waals surface area contributed by atoms with Gasteiger partial charge in [-0.3, -0.25) is 4.79 Å². The van der Waals surface area contributed by atoms with E-state index in [0.717, 1.165) is 22.4 Å². The summed E-state index contributed by atoms with van der Waals surface area (Å²) in [5.74, 6) is -0.0143. The molecule has 3 nitrogen and oxygen atoms in total. The van der Waals surface area contributed by atoms with E-state index >= 15 is 0 Å². The molecule has 2 rings (SSSR count). The van der Waals surface area contributed by atoms with Crippen molar-refractivity contribution in [3.63, 3.8) is 0 Å². The largest absolute Gasteiger partial charge is 0.497 e. The van der Waals surface area contributed by atoms with E-state index in [0.29, 0.717) is 0 Å². The predicted molar refractivity (Wildman–Crippen MR) is 79.7 cm³/mol. The topological polar surface area (TPSA) is 46.5 Å². The van der Waals surface area contributed by atoms with Gasteiger partial charge in [-0.25, -0.2) is 0 Å². The normalized spacial score (nSPS) is 10.7. The van der Waals surface area contributed by atoms with E-state index in [1.54, 1.807) is 13.2 Å². The summed E-state index contributed by atoms with van der Waals surface area (Å²) >= 11 is 0. The Kier molecular flexibility index (Phi) is 4.56. The Morgan fingerprint density at radius 2 is 1.85 bits per heavy atom. The molecule has 0 aliphatic rings. The zero-order chi connectivity index (χ0) is 14.4. The molecule has 0 radical (unpaired) electrons. The molecule has 0 amide bonds. The maximum Gasteiger partial charge on any atom is 0.307 e. The molecule has 2 aromatic rings. The van der Waals surface area contributed by atoms with E-state index in [9.17, 15) is 4.79 Å². The van der Waals surface area contributed by atoms with Crippen LogP contribution in [-0.2, 0) is 4.79 Å². The van der Waals surface area contributed by atoms with Crippen LogP contribution in [-0.4, -0.2) is 18.2 Å². The molecule has 102 valence electrons. The molecule has 3 heteroatoms. The average molecular weight is 268 g/mol. The van der Waals surface area contributed by atoms with Gasteiger partial charge in [-0.15, -0.1) is 0 Å². The van der Waals surface area contributed by atoms with Crippen LogP contribution in [0.25, 0.3) is 17.2 Å². The SMILES string of the molecule is COc1cccc(-c2cccc(/C=C/CC(=O)O)c2)c1. The first-order valence-corrected chi connectivity index (χ1v) is 6.32. The molecule has 0 bridgehead atoms. The van der Waals surface area contributed by atoms with Gasteiger partial charge in [0, 0.05) is 0 Å². The molecule has 20 heavy (non-hydrogen) atoms. The third-order valence-electron chi connectivity index (χ3n) is 2.89. The number of rotatable bonds is 5. The number of hydrogen-bond donors (Lipinski definition) is 1. The zero-order valence-electron chi connectivity index (χ0n) is 11.2. The van der Waals surface area contributed by atoms with E-state index in [1.807, 2.05) is 54.6 Å². The number of ether oxygens (including phenoxy) is 1. The third-order valence-corrected chi connectivity index (χ3v) is 2.89. The minimum atomic E-state index is -0.829. The minimum absolute atomic E-state index is 0.0311. The van der Waals surface area contributed by atoms with Crippen molar-refractivity contribution >= 4 is 12.0 Å². The van der Waals surface area contributed by atoms with E-state index in [-0.39, 0.29) is 6.42 Å². The van der Waals surface area contributed by atoms with E-state index in [1.165, 1.54) is 0 Å². The number of hydrogen-bond acceptors (Lipinski definition) is 2. The van der Waals surface area contributed by atoms with Crippen molar-refractivity contribution in [1.82, 2.24) is 0 Å². The summed E-state index contributed by atoms with van der Waals surface area (Å²) in [5.41, 5.74) is 3.12. The summed E-state index contributed by atoms with van der Waals surface area (Å²) in [7, 11) is 1.64. The second-order valence-corrected chi connectivity index (χ2v) is 4.36. The maximum atomic E-state index is 10.5. The van der Waals surface area contributed by atoms with Crippen LogP contribution in [0.4, 0.5) is 0 Å². The summed E-state index contributed by atoms with van der Waals surface area (Å²) in [6.45, 7) is 0.